The number of nitrogens with zero attached hydrogens (tertiary/aromatic N) is 1. The minimum atomic E-state index is -0.518. The topological polar surface area (TPSA) is 43.4 Å². The number of quaternary nitrogens is 1. The van der Waals surface area contributed by atoms with Crippen molar-refractivity contribution in [2.75, 3.05) is 26.2 Å². The molecule has 4 nitrogen and oxygen atoms in total. The lowest BCUT2D eigenvalue weighted by atomic mass is 9.74. The fraction of sp³-hybridized carbons (Fsp3) is 0.548. The van der Waals surface area contributed by atoms with E-state index < -0.39 is 5.41 Å². The van der Waals surface area contributed by atoms with Gasteiger partial charge in [0.25, 0.3) is 0 Å². The maximum absolute atomic E-state index is 13.9. The Kier molecular flexibility index (Phi) is 7.11. The van der Waals surface area contributed by atoms with Crippen LogP contribution < -0.4 is 0 Å². The van der Waals surface area contributed by atoms with Gasteiger partial charge in [-0.2, -0.15) is 0 Å². The molecule has 0 unspecified atom stereocenters. The molecule has 0 radical (unpaired) electrons. The zero-order valence-corrected chi connectivity index (χ0v) is 21.2. The van der Waals surface area contributed by atoms with E-state index in [1.807, 2.05) is 30.3 Å². The van der Waals surface area contributed by atoms with E-state index in [-0.39, 0.29) is 12.1 Å². The Morgan fingerprint density at radius 1 is 0.943 bits per heavy atom. The largest absolute Gasteiger partial charge is 0.455 e. The van der Waals surface area contributed by atoms with Crippen LogP contribution in [-0.2, 0) is 26.2 Å². The van der Waals surface area contributed by atoms with E-state index >= 15 is 0 Å². The number of hydrogen-bond donors (Lipinski definition) is 0. The van der Waals surface area contributed by atoms with Crippen molar-refractivity contribution in [3.05, 3.63) is 71.3 Å². The first-order chi connectivity index (χ1) is 17.0. The first-order valence-corrected chi connectivity index (χ1v) is 13.7. The molecule has 3 heterocycles. The molecular weight excluding hydrogens is 434 g/mol. The lowest BCUT2D eigenvalue weighted by Crippen LogP contribution is -2.66. The molecule has 1 atom stereocenters. The Morgan fingerprint density at radius 3 is 2.34 bits per heavy atom. The summed E-state index contributed by atoms with van der Waals surface area (Å²) < 4.78 is 7.24. The predicted octanol–water partition coefficient (Wildman–Crippen LogP) is 5.55. The maximum atomic E-state index is 13.9. The molecule has 4 fully saturated rings. The van der Waals surface area contributed by atoms with E-state index in [0.717, 1.165) is 73.8 Å². The van der Waals surface area contributed by atoms with Gasteiger partial charge in [-0.15, -0.1) is 0 Å². The molecule has 35 heavy (non-hydrogen) atoms. The van der Waals surface area contributed by atoms with Gasteiger partial charge in [0.2, 0.25) is 0 Å². The third kappa shape index (κ3) is 5.23. The molecule has 0 N–H and O–H groups in total. The van der Waals surface area contributed by atoms with E-state index in [2.05, 4.69) is 31.2 Å². The first-order valence-electron chi connectivity index (χ1n) is 13.7. The number of ketones is 1. The number of hydrogen-bond acceptors (Lipinski definition) is 3. The molecule has 3 saturated heterocycles. The highest BCUT2D eigenvalue weighted by Gasteiger charge is 2.50. The van der Waals surface area contributed by atoms with Crippen molar-refractivity contribution < 1.29 is 18.8 Å². The average Bonchev–Trinajstić information content (AvgIpc) is 3.12. The molecule has 2 aromatic carbocycles. The Bertz CT molecular complexity index is 1030. The van der Waals surface area contributed by atoms with Crippen LogP contribution in [0.25, 0.3) is 0 Å². The molecule has 186 valence electrons. The number of Topliss-reactive ketones (excluding diaryl/α,β-unsaturated/α-hetero) is 1. The molecule has 4 heteroatoms. The standard InChI is InChI=1S/C31H40NO3/c1-24-10-9-11-25(20-24)21-28(33)22-32-18-14-26(15-19-32)29(23-32)35-30(34)31(16-7-2-3-8-17-31)27-12-5-4-6-13-27/h4-6,9-13,20,26,29H,2-3,7-8,14-19,21-23H2,1H3/q+1/t26?,29-,32?/m0/s1. The number of piperidine rings is 3. The minimum Gasteiger partial charge on any atom is -0.455 e. The monoisotopic (exact) mass is 474 g/mol. The normalized spacial score (nSPS) is 27.7. The van der Waals surface area contributed by atoms with Crippen molar-refractivity contribution in [1.82, 2.24) is 0 Å². The zero-order valence-electron chi connectivity index (χ0n) is 21.2. The van der Waals surface area contributed by atoms with Crippen molar-refractivity contribution in [1.29, 1.82) is 0 Å². The number of aryl methyl sites for hydroxylation is 1. The lowest BCUT2D eigenvalue weighted by molar-refractivity contribution is -0.939. The smallest absolute Gasteiger partial charge is 0.317 e. The second-order valence-electron chi connectivity index (χ2n) is 11.5. The summed E-state index contributed by atoms with van der Waals surface area (Å²) in [6, 6.07) is 18.6. The number of esters is 1. The van der Waals surface area contributed by atoms with Crippen LogP contribution in [0.5, 0.6) is 0 Å². The van der Waals surface area contributed by atoms with E-state index in [1.54, 1.807) is 0 Å². The molecule has 0 spiro atoms. The number of benzene rings is 2. The van der Waals surface area contributed by atoms with Gasteiger partial charge < -0.3 is 9.22 Å². The highest BCUT2D eigenvalue weighted by molar-refractivity contribution is 5.83. The molecule has 1 aliphatic carbocycles. The molecule has 0 aromatic heterocycles. The zero-order chi connectivity index (χ0) is 24.3. The summed E-state index contributed by atoms with van der Waals surface area (Å²) in [4.78, 5) is 27.0. The van der Waals surface area contributed by atoms with Crippen LogP contribution in [0.4, 0.5) is 0 Å². The lowest BCUT2D eigenvalue weighted by Gasteiger charge is -2.52. The van der Waals surface area contributed by atoms with E-state index in [0.29, 0.717) is 24.7 Å². The van der Waals surface area contributed by atoms with Crippen molar-refractivity contribution in [3.8, 4) is 0 Å². The third-order valence-corrected chi connectivity index (χ3v) is 8.97. The molecular formula is C31H40NO3+. The number of carbonyl (C=O) groups is 2. The highest BCUT2D eigenvalue weighted by Crippen LogP contribution is 2.42. The molecule has 2 aromatic rings. The third-order valence-electron chi connectivity index (χ3n) is 8.97. The number of fused-ring (bicyclic) bond motifs is 3. The van der Waals surface area contributed by atoms with Gasteiger partial charge in [-0.1, -0.05) is 85.8 Å². The fourth-order valence-electron chi connectivity index (χ4n) is 7.01. The SMILES string of the molecule is Cc1cccc(CC(=O)C[N+]23CCC(CC2)[C@@H](OC(=O)C2(c4ccccc4)CCCCCC2)C3)c1. The summed E-state index contributed by atoms with van der Waals surface area (Å²) in [5, 5.41) is 0. The summed E-state index contributed by atoms with van der Waals surface area (Å²) in [7, 11) is 0. The molecule has 1 saturated carbocycles. The fourth-order valence-corrected chi connectivity index (χ4v) is 7.01. The minimum absolute atomic E-state index is 0.0198. The van der Waals surface area contributed by atoms with Gasteiger partial charge in [-0.25, -0.2) is 0 Å². The number of rotatable bonds is 7. The summed E-state index contributed by atoms with van der Waals surface area (Å²) >= 11 is 0. The van der Waals surface area contributed by atoms with Crippen LogP contribution >= 0.6 is 0 Å². The van der Waals surface area contributed by atoms with Gasteiger partial charge in [0, 0.05) is 25.2 Å². The number of carbonyl (C=O) groups excluding carboxylic acids is 2. The predicted molar refractivity (Wildman–Crippen MR) is 138 cm³/mol. The van der Waals surface area contributed by atoms with Gasteiger partial charge in [-0.3, -0.25) is 9.59 Å². The molecule has 0 amide bonds. The average molecular weight is 475 g/mol. The second kappa shape index (κ2) is 10.3. The summed E-state index contributed by atoms with van der Waals surface area (Å²) in [5.41, 5.74) is 2.89. The Balaban J connectivity index is 1.29. The van der Waals surface area contributed by atoms with Crippen LogP contribution in [0.3, 0.4) is 0 Å². The molecule has 2 bridgehead atoms. The molecule has 4 aliphatic rings. The van der Waals surface area contributed by atoms with E-state index in [9.17, 15) is 9.59 Å². The van der Waals surface area contributed by atoms with Crippen LogP contribution in [0, 0.1) is 12.8 Å². The van der Waals surface area contributed by atoms with E-state index in [4.69, 9.17) is 4.74 Å². The second-order valence-corrected chi connectivity index (χ2v) is 11.5. The van der Waals surface area contributed by atoms with Crippen molar-refractivity contribution in [3.63, 3.8) is 0 Å². The van der Waals surface area contributed by atoms with Crippen molar-refractivity contribution >= 4 is 11.8 Å². The van der Waals surface area contributed by atoms with E-state index in [1.165, 1.54) is 18.4 Å². The summed E-state index contributed by atoms with van der Waals surface area (Å²) in [6.07, 6.45) is 8.81. The summed E-state index contributed by atoms with van der Waals surface area (Å²) in [5.74, 6) is 0.712. The van der Waals surface area contributed by atoms with Crippen LogP contribution in [0.15, 0.2) is 54.6 Å². The first kappa shape index (κ1) is 24.2. The van der Waals surface area contributed by atoms with Gasteiger partial charge >= 0.3 is 5.97 Å². The van der Waals surface area contributed by atoms with Crippen molar-refractivity contribution in [2.45, 2.75) is 76.2 Å². The highest BCUT2D eigenvalue weighted by atomic mass is 16.5. The number of ether oxygens (including phenoxy) is 1. The Labute approximate surface area is 210 Å². The van der Waals surface area contributed by atoms with Crippen LogP contribution in [0.2, 0.25) is 0 Å². The van der Waals surface area contributed by atoms with Gasteiger partial charge in [0.1, 0.15) is 13.1 Å². The van der Waals surface area contributed by atoms with Crippen molar-refractivity contribution in [2.24, 2.45) is 5.92 Å². The molecule has 6 rings (SSSR count). The van der Waals surface area contributed by atoms with Gasteiger partial charge in [0.05, 0.1) is 18.5 Å². The summed E-state index contributed by atoms with van der Waals surface area (Å²) in [6.45, 7) is 5.48. The molecule has 3 aliphatic heterocycles. The van der Waals surface area contributed by atoms with Crippen LogP contribution in [-0.4, -0.2) is 48.5 Å². The van der Waals surface area contributed by atoms with Gasteiger partial charge in [0.15, 0.2) is 11.9 Å². The Morgan fingerprint density at radius 2 is 1.66 bits per heavy atom. The maximum Gasteiger partial charge on any atom is 0.317 e. The Hall–Kier alpha value is -2.46. The van der Waals surface area contributed by atoms with Gasteiger partial charge in [-0.05, 0) is 30.9 Å². The van der Waals surface area contributed by atoms with Crippen LogP contribution in [0.1, 0.15) is 68.1 Å². The quantitative estimate of drug-likeness (QED) is 0.300.